The highest BCUT2D eigenvalue weighted by molar-refractivity contribution is 5.93. The van der Waals surface area contributed by atoms with Gasteiger partial charge in [-0.2, -0.15) is 18.2 Å². The van der Waals surface area contributed by atoms with Crippen molar-refractivity contribution >= 4 is 22.5 Å². The highest BCUT2D eigenvalue weighted by Crippen LogP contribution is 2.38. The fourth-order valence-corrected chi connectivity index (χ4v) is 3.81. The maximum absolute atomic E-state index is 13.4. The molecule has 0 spiro atoms. The predicted octanol–water partition coefficient (Wildman–Crippen LogP) is 5.40. The van der Waals surface area contributed by atoms with E-state index in [9.17, 15) is 13.2 Å². The topological polar surface area (TPSA) is 60.7 Å². The fourth-order valence-electron chi connectivity index (χ4n) is 3.81. The third kappa shape index (κ3) is 3.60. The van der Waals surface area contributed by atoms with E-state index in [0.29, 0.717) is 28.7 Å². The average Bonchev–Trinajstić information content (AvgIpc) is 3.20. The Hall–Kier alpha value is -3.49. The van der Waals surface area contributed by atoms with Gasteiger partial charge in [0.1, 0.15) is 5.82 Å². The van der Waals surface area contributed by atoms with Crippen molar-refractivity contribution in [3.8, 4) is 11.5 Å². The second-order valence-corrected chi connectivity index (χ2v) is 7.17. The Balaban J connectivity index is 1.84. The molecule has 0 radical (unpaired) electrons. The van der Waals surface area contributed by atoms with Crippen LogP contribution in [0.2, 0.25) is 0 Å². The minimum absolute atomic E-state index is 0.181. The van der Waals surface area contributed by atoms with E-state index in [0.717, 1.165) is 17.0 Å². The first kappa shape index (κ1) is 20.8. The first-order valence-corrected chi connectivity index (χ1v) is 9.56. The molecule has 0 saturated heterocycles. The summed E-state index contributed by atoms with van der Waals surface area (Å²) in [4.78, 5) is 8.85. The third-order valence-electron chi connectivity index (χ3n) is 5.35. The van der Waals surface area contributed by atoms with Crippen molar-refractivity contribution in [1.29, 1.82) is 0 Å². The van der Waals surface area contributed by atoms with Gasteiger partial charge in [0.05, 0.1) is 31.3 Å². The molecule has 2 aromatic carbocycles. The molecule has 2 heterocycles. The molecule has 1 atom stereocenters. The van der Waals surface area contributed by atoms with Crippen molar-refractivity contribution in [2.75, 3.05) is 19.5 Å². The Morgan fingerprint density at radius 1 is 1.10 bits per heavy atom. The van der Waals surface area contributed by atoms with Crippen LogP contribution in [0, 0.1) is 6.92 Å². The van der Waals surface area contributed by atoms with E-state index in [4.69, 9.17) is 9.47 Å². The monoisotopic (exact) mass is 430 g/mol. The lowest BCUT2D eigenvalue weighted by molar-refractivity contribution is -0.138. The van der Waals surface area contributed by atoms with Gasteiger partial charge >= 0.3 is 6.18 Å². The Bertz CT molecular complexity index is 1270. The summed E-state index contributed by atoms with van der Waals surface area (Å²) < 4.78 is 52.7. The number of methoxy groups -OCH3 is 2. The SMILES string of the molecule is COc1cc2c(N[C@H](C)c3cccc(C(F)(F)F)c3C)nc3nccn3c2cc1OC. The predicted molar refractivity (Wildman–Crippen MR) is 112 cm³/mol. The summed E-state index contributed by atoms with van der Waals surface area (Å²) in [5, 5.41) is 3.99. The molecule has 4 aromatic rings. The van der Waals surface area contributed by atoms with E-state index >= 15 is 0 Å². The van der Waals surface area contributed by atoms with E-state index in [2.05, 4.69) is 15.3 Å². The molecular weight excluding hydrogens is 409 g/mol. The number of aromatic nitrogens is 3. The maximum Gasteiger partial charge on any atom is 0.416 e. The number of alkyl halides is 3. The summed E-state index contributed by atoms with van der Waals surface area (Å²) in [6.07, 6.45) is -1.01. The average molecular weight is 430 g/mol. The number of halogens is 3. The Kier molecular flexibility index (Phi) is 5.12. The number of nitrogens with one attached hydrogen (secondary N) is 1. The van der Waals surface area contributed by atoms with Gasteiger partial charge in [-0.3, -0.25) is 4.40 Å². The van der Waals surface area contributed by atoms with Crippen molar-refractivity contribution in [3.05, 3.63) is 59.4 Å². The maximum atomic E-state index is 13.4. The molecule has 0 aliphatic rings. The summed E-state index contributed by atoms with van der Waals surface area (Å²) in [6.45, 7) is 3.28. The van der Waals surface area contributed by atoms with Crippen molar-refractivity contribution in [1.82, 2.24) is 14.4 Å². The van der Waals surface area contributed by atoms with Crippen LogP contribution in [0.15, 0.2) is 42.7 Å². The third-order valence-corrected chi connectivity index (χ3v) is 5.35. The van der Waals surface area contributed by atoms with Crippen LogP contribution in [0.25, 0.3) is 16.7 Å². The zero-order chi connectivity index (χ0) is 22.3. The molecule has 2 aromatic heterocycles. The van der Waals surface area contributed by atoms with Crippen molar-refractivity contribution in [2.24, 2.45) is 0 Å². The summed E-state index contributed by atoms with van der Waals surface area (Å²) in [5.41, 5.74) is 0.844. The molecule has 0 saturated carbocycles. The summed E-state index contributed by atoms with van der Waals surface area (Å²) >= 11 is 0. The van der Waals surface area contributed by atoms with Gasteiger partial charge in [-0.05, 0) is 37.1 Å². The summed E-state index contributed by atoms with van der Waals surface area (Å²) in [6, 6.07) is 7.35. The fraction of sp³-hybridized carbons (Fsp3) is 0.273. The number of nitrogens with zero attached hydrogens (tertiary/aromatic N) is 3. The van der Waals surface area contributed by atoms with Gasteiger partial charge in [-0.25, -0.2) is 4.98 Å². The number of fused-ring (bicyclic) bond motifs is 3. The van der Waals surface area contributed by atoms with E-state index in [1.807, 2.05) is 10.5 Å². The number of benzene rings is 2. The highest BCUT2D eigenvalue weighted by Gasteiger charge is 2.33. The van der Waals surface area contributed by atoms with Crippen LogP contribution in [0.5, 0.6) is 11.5 Å². The summed E-state index contributed by atoms with van der Waals surface area (Å²) in [5.74, 6) is 2.00. The van der Waals surface area contributed by atoms with Gasteiger partial charge in [0.15, 0.2) is 11.5 Å². The van der Waals surface area contributed by atoms with Gasteiger partial charge < -0.3 is 14.8 Å². The number of ether oxygens (including phenoxy) is 2. The first-order valence-electron chi connectivity index (χ1n) is 9.56. The van der Waals surface area contributed by atoms with Gasteiger partial charge in [0.25, 0.3) is 0 Å². The van der Waals surface area contributed by atoms with Crippen molar-refractivity contribution < 1.29 is 22.6 Å². The van der Waals surface area contributed by atoms with Crippen LogP contribution < -0.4 is 14.8 Å². The number of hydrogen-bond acceptors (Lipinski definition) is 5. The summed E-state index contributed by atoms with van der Waals surface area (Å²) in [7, 11) is 3.09. The van der Waals surface area contributed by atoms with Crippen LogP contribution in [-0.4, -0.2) is 28.6 Å². The molecule has 0 amide bonds. The Labute approximate surface area is 176 Å². The van der Waals surface area contributed by atoms with Crippen molar-refractivity contribution in [2.45, 2.75) is 26.1 Å². The molecule has 6 nitrogen and oxygen atoms in total. The minimum Gasteiger partial charge on any atom is -0.493 e. The molecule has 0 aliphatic carbocycles. The zero-order valence-corrected chi connectivity index (χ0v) is 17.4. The second-order valence-electron chi connectivity index (χ2n) is 7.17. The van der Waals surface area contributed by atoms with E-state index < -0.39 is 17.8 Å². The van der Waals surface area contributed by atoms with Gasteiger partial charge in [0, 0.05) is 23.8 Å². The van der Waals surface area contributed by atoms with Gasteiger partial charge in [-0.1, -0.05) is 12.1 Å². The first-order chi connectivity index (χ1) is 14.7. The van der Waals surface area contributed by atoms with E-state index in [-0.39, 0.29) is 5.56 Å². The lowest BCUT2D eigenvalue weighted by Gasteiger charge is -2.21. The van der Waals surface area contributed by atoms with Crippen LogP contribution in [-0.2, 0) is 6.18 Å². The highest BCUT2D eigenvalue weighted by atomic mass is 19.4. The number of anilines is 1. The van der Waals surface area contributed by atoms with Crippen LogP contribution in [0.1, 0.15) is 29.7 Å². The molecule has 0 bridgehead atoms. The largest absolute Gasteiger partial charge is 0.493 e. The molecule has 0 fully saturated rings. The quantitative estimate of drug-likeness (QED) is 0.459. The minimum atomic E-state index is -4.41. The number of imidazole rings is 1. The van der Waals surface area contributed by atoms with Crippen LogP contribution in [0.4, 0.5) is 19.0 Å². The van der Waals surface area contributed by atoms with E-state index in [1.165, 1.54) is 20.1 Å². The van der Waals surface area contributed by atoms with Crippen molar-refractivity contribution in [3.63, 3.8) is 0 Å². The normalized spacial score (nSPS) is 12.9. The lowest BCUT2D eigenvalue weighted by Crippen LogP contribution is -2.14. The Morgan fingerprint density at radius 2 is 1.81 bits per heavy atom. The molecule has 162 valence electrons. The zero-order valence-electron chi connectivity index (χ0n) is 17.4. The van der Waals surface area contributed by atoms with Gasteiger partial charge in [0.2, 0.25) is 5.78 Å². The van der Waals surface area contributed by atoms with E-state index in [1.54, 1.807) is 38.6 Å². The van der Waals surface area contributed by atoms with Crippen LogP contribution >= 0.6 is 0 Å². The Morgan fingerprint density at radius 3 is 2.48 bits per heavy atom. The van der Waals surface area contributed by atoms with Gasteiger partial charge in [-0.15, -0.1) is 0 Å². The molecule has 0 aliphatic heterocycles. The molecule has 31 heavy (non-hydrogen) atoms. The number of hydrogen-bond donors (Lipinski definition) is 1. The number of rotatable bonds is 5. The molecule has 0 unspecified atom stereocenters. The standard InChI is InChI=1S/C22H21F3N4O2/c1-12-14(6-5-7-16(12)22(23,24)25)13(2)27-20-15-10-18(30-3)19(31-4)11-17(15)29-9-8-26-21(29)28-20/h5-11,13H,1-4H3,(H,26,27,28)/t13-/m1/s1. The molecule has 1 N–H and O–H groups in total. The molecular formula is C22H21F3N4O2. The molecule has 4 rings (SSSR count). The van der Waals surface area contributed by atoms with Crippen LogP contribution in [0.3, 0.4) is 0 Å². The lowest BCUT2D eigenvalue weighted by atomic mass is 9.97. The second kappa shape index (κ2) is 7.64. The molecule has 9 heteroatoms. The smallest absolute Gasteiger partial charge is 0.416 e.